The second-order valence-corrected chi connectivity index (χ2v) is 5.52. The highest BCUT2D eigenvalue weighted by Crippen LogP contribution is 2.49. The van der Waals surface area contributed by atoms with Gasteiger partial charge in [-0.25, -0.2) is 0 Å². The molecule has 21 heavy (non-hydrogen) atoms. The predicted molar refractivity (Wildman–Crippen MR) is 65.8 cm³/mol. The van der Waals surface area contributed by atoms with Gasteiger partial charge >= 0.3 is 6.18 Å². The maximum absolute atomic E-state index is 12.4. The van der Waals surface area contributed by atoms with Crippen LogP contribution in [0.1, 0.15) is 40.2 Å². The Morgan fingerprint density at radius 2 is 2.24 bits per heavy atom. The number of ketones is 1. The number of hydrogen-bond acceptors (Lipinski definition) is 3. The number of alkyl halides is 3. The zero-order chi connectivity index (χ0) is 15.2. The molecule has 0 saturated heterocycles. The van der Waals surface area contributed by atoms with Crippen LogP contribution in [0.2, 0.25) is 0 Å². The topological polar surface area (TPSA) is 64.0 Å². The summed E-state index contributed by atoms with van der Waals surface area (Å²) in [6.45, 7) is 0.562. The minimum Gasteiger partial charge on any atom is -0.350 e. The van der Waals surface area contributed by atoms with E-state index < -0.39 is 23.9 Å². The molecule has 1 saturated carbocycles. The second-order valence-electron chi connectivity index (χ2n) is 5.52. The second kappa shape index (κ2) is 4.85. The van der Waals surface area contributed by atoms with Gasteiger partial charge in [0.15, 0.2) is 11.5 Å². The molecule has 0 radical (unpaired) electrons. The summed E-state index contributed by atoms with van der Waals surface area (Å²) in [5.41, 5.74) is 0.482. The molecule has 1 N–H and O–H groups in total. The van der Waals surface area contributed by atoms with E-state index in [-0.39, 0.29) is 24.4 Å². The lowest BCUT2D eigenvalue weighted by Gasteiger charge is -2.10. The van der Waals surface area contributed by atoms with Crippen molar-refractivity contribution in [1.29, 1.82) is 0 Å². The molecule has 0 spiro atoms. The van der Waals surface area contributed by atoms with Crippen molar-refractivity contribution in [1.82, 2.24) is 15.1 Å². The van der Waals surface area contributed by atoms with Crippen molar-refractivity contribution in [2.45, 2.75) is 32.0 Å². The van der Waals surface area contributed by atoms with Crippen LogP contribution in [0.4, 0.5) is 13.2 Å². The molecule has 0 unspecified atom stereocenters. The number of rotatable bonds is 3. The smallest absolute Gasteiger partial charge is 0.350 e. The van der Waals surface area contributed by atoms with Crippen molar-refractivity contribution >= 4 is 11.7 Å². The maximum Gasteiger partial charge on any atom is 0.392 e. The molecule has 2 atom stereocenters. The van der Waals surface area contributed by atoms with Crippen molar-refractivity contribution in [3.63, 3.8) is 0 Å². The molecule has 3 rings (SSSR count). The highest BCUT2D eigenvalue weighted by molar-refractivity contribution is 5.99. The van der Waals surface area contributed by atoms with Crippen LogP contribution >= 0.6 is 0 Å². The Kier molecular flexibility index (Phi) is 3.26. The highest BCUT2D eigenvalue weighted by Gasteiger charge is 2.55. The fourth-order valence-electron chi connectivity index (χ4n) is 2.63. The molecular formula is C13H14F3N3O2. The van der Waals surface area contributed by atoms with Crippen LogP contribution < -0.4 is 5.32 Å². The van der Waals surface area contributed by atoms with Crippen molar-refractivity contribution < 1.29 is 22.8 Å². The third-order valence-electron chi connectivity index (χ3n) is 3.94. The van der Waals surface area contributed by atoms with Gasteiger partial charge in [0.2, 0.25) is 0 Å². The first-order valence-electron chi connectivity index (χ1n) is 6.82. The van der Waals surface area contributed by atoms with Crippen LogP contribution in [-0.4, -0.2) is 34.2 Å². The third-order valence-corrected chi connectivity index (χ3v) is 3.94. The Labute approximate surface area is 118 Å². The van der Waals surface area contributed by atoms with Crippen LogP contribution in [0.5, 0.6) is 0 Å². The van der Waals surface area contributed by atoms with Gasteiger partial charge in [-0.3, -0.25) is 14.3 Å². The van der Waals surface area contributed by atoms with E-state index in [4.69, 9.17) is 0 Å². The molecule has 1 fully saturated rings. The summed E-state index contributed by atoms with van der Waals surface area (Å²) < 4.78 is 38.6. The van der Waals surface area contributed by atoms with E-state index >= 15 is 0 Å². The van der Waals surface area contributed by atoms with Crippen LogP contribution in [-0.2, 0) is 6.54 Å². The van der Waals surface area contributed by atoms with Gasteiger partial charge in [0.05, 0.1) is 5.92 Å². The number of aryl methyl sites for hydroxylation is 1. The average Bonchev–Trinajstić information content (AvgIpc) is 3.07. The molecule has 1 aromatic rings. The fraction of sp³-hybridized carbons (Fsp3) is 0.615. The number of fused-ring (bicyclic) bond motifs is 1. The molecule has 114 valence electrons. The van der Waals surface area contributed by atoms with Gasteiger partial charge in [-0.2, -0.15) is 18.3 Å². The lowest BCUT2D eigenvalue weighted by Crippen LogP contribution is -2.27. The van der Waals surface area contributed by atoms with Gasteiger partial charge in [-0.1, -0.05) is 0 Å². The molecule has 5 nitrogen and oxygen atoms in total. The van der Waals surface area contributed by atoms with Crippen LogP contribution in [0.3, 0.4) is 0 Å². The summed E-state index contributed by atoms with van der Waals surface area (Å²) in [4.78, 5) is 23.5. The number of Topliss-reactive ketones (excluding diaryl/α,β-unsaturated/α-hetero) is 1. The fourth-order valence-corrected chi connectivity index (χ4v) is 2.63. The minimum atomic E-state index is -4.19. The quantitative estimate of drug-likeness (QED) is 0.925. The number of hydrogen-bond donors (Lipinski definition) is 1. The molecule has 1 aliphatic carbocycles. The number of carbonyl (C=O) groups is 2. The number of halogens is 3. The summed E-state index contributed by atoms with van der Waals surface area (Å²) >= 11 is 0. The summed E-state index contributed by atoms with van der Waals surface area (Å²) in [5, 5.41) is 6.49. The van der Waals surface area contributed by atoms with Gasteiger partial charge in [0, 0.05) is 25.6 Å². The first kappa shape index (κ1) is 14.1. The van der Waals surface area contributed by atoms with E-state index in [2.05, 4.69) is 10.4 Å². The van der Waals surface area contributed by atoms with Gasteiger partial charge in [-0.05, 0) is 18.8 Å². The molecular weight excluding hydrogens is 287 g/mol. The van der Waals surface area contributed by atoms with Gasteiger partial charge in [-0.15, -0.1) is 0 Å². The summed E-state index contributed by atoms with van der Waals surface area (Å²) in [7, 11) is 0. The van der Waals surface area contributed by atoms with E-state index in [1.165, 1.54) is 10.7 Å². The first-order chi connectivity index (χ1) is 9.86. The van der Waals surface area contributed by atoms with Crippen molar-refractivity contribution in [3.8, 4) is 0 Å². The summed E-state index contributed by atoms with van der Waals surface area (Å²) in [5.74, 6) is -2.45. The van der Waals surface area contributed by atoms with Crippen LogP contribution in [0.25, 0.3) is 0 Å². The van der Waals surface area contributed by atoms with E-state index in [0.717, 1.165) is 0 Å². The van der Waals surface area contributed by atoms with E-state index in [1.807, 2.05) is 0 Å². The molecule has 1 aromatic heterocycles. The largest absolute Gasteiger partial charge is 0.392 e. The van der Waals surface area contributed by atoms with Gasteiger partial charge < -0.3 is 5.32 Å². The average molecular weight is 301 g/mol. The lowest BCUT2D eigenvalue weighted by atomic mass is 10.1. The van der Waals surface area contributed by atoms with E-state index in [0.29, 0.717) is 25.1 Å². The van der Waals surface area contributed by atoms with Crippen LogP contribution in [0.15, 0.2) is 6.07 Å². The molecule has 8 heteroatoms. The minimum absolute atomic E-state index is 0.0147. The third kappa shape index (κ3) is 2.79. The van der Waals surface area contributed by atoms with Crippen molar-refractivity contribution in [3.05, 3.63) is 17.5 Å². The zero-order valence-corrected chi connectivity index (χ0v) is 11.1. The Morgan fingerprint density at radius 1 is 1.48 bits per heavy atom. The molecule has 1 amide bonds. The SMILES string of the molecule is O=C(NC[C@@H]1C[C@H]1C(F)(F)F)c1cc2n(n1)CCCC2=O. The Morgan fingerprint density at radius 3 is 2.86 bits per heavy atom. The zero-order valence-electron chi connectivity index (χ0n) is 11.1. The first-order valence-corrected chi connectivity index (χ1v) is 6.82. The normalized spacial score (nSPS) is 24.6. The van der Waals surface area contributed by atoms with Crippen molar-refractivity contribution in [2.75, 3.05) is 6.54 Å². The van der Waals surface area contributed by atoms with Gasteiger partial charge in [0.25, 0.3) is 5.91 Å². The lowest BCUT2D eigenvalue weighted by molar-refractivity contribution is -0.150. The molecule has 1 aliphatic heterocycles. The number of aromatic nitrogens is 2. The van der Waals surface area contributed by atoms with E-state index in [9.17, 15) is 22.8 Å². The van der Waals surface area contributed by atoms with E-state index in [1.54, 1.807) is 0 Å². The van der Waals surface area contributed by atoms with Crippen LogP contribution in [0, 0.1) is 11.8 Å². The number of amides is 1. The Balaban J connectivity index is 1.58. The van der Waals surface area contributed by atoms with Gasteiger partial charge in [0.1, 0.15) is 5.69 Å². The number of nitrogens with zero attached hydrogens (tertiary/aromatic N) is 2. The predicted octanol–water partition coefficient (Wildman–Crippen LogP) is 1.79. The molecule has 2 heterocycles. The number of carbonyl (C=O) groups excluding carboxylic acids is 2. The molecule has 0 bridgehead atoms. The summed E-state index contributed by atoms with van der Waals surface area (Å²) in [6.07, 6.45) is -3.01. The Bertz CT molecular complexity index is 594. The standard InChI is InChI=1S/C13H14F3N3O2/c14-13(15,16)8-4-7(8)6-17-12(21)9-5-10-11(20)2-1-3-19(10)18-9/h5,7-8H,1-4,6H2,(H,17,21)/t7-,8+/m0/s1. The maximum atomic E-state index is 12.4. The highest BCUT2D eigenvalue weighted by atomic mass is 19.4. The van der Waals surface area contributed by atoms with Crippen molar-refractivity contribution in [2.24, 2.45) is 11.8 Å². The Hall–Kier alpha value is -1.86. The molecule has 2 aliphatic rings. The summed E-state index contributed by atoms with van der Waals surface area (Å²) in [6, 6.07) is 1.41. The number of nitrogens with one attached hydrogen (secondary N) is 1. The monoisotopic (exact) mass is 301 g/mol. The molecule has 0 aromatic carbocycles.